The van der Waals surface area contributed by atoms with E-state index in [-0.39, 0.29) is 24.1 Å². The van der Waals surface area contributed by atoms with Crippen LogP contribution >= 0.6 is 0 Å². The first-order valence-corrected chi connectivity index (χ1v) is 11.2. The van der Waals surface area contributed by atoms with Crippen LogP contribution in [-0.2, 0) is 5.41 Å². The number of nitrogens with zero attached hydrogens (tertiary/aromatic N) is 4. The molecule has 0 saturated heterocycles. The van der Waals surface area contributed by atoms with Crippen LogP contribution in [0.4, 0.5) is 10.2 Å². The quantitative estimate of drug-likeness (QED) is 0.339. The molecule has 0 spiro atoms. The largest absolute Gasteiger partial charge is 0.474 e. The minimum atomic E-state index is -0.505. The molecule has 35 heavy (non-hydrogen) atoms. The Labute approximate surface area is 202 Å². The van der Waals surface area contributed by atoms with Gasteiger partial charge >= 0.3 is 0 Å². The molecule has 0 aliphatic carbocycles. The molecule has 5 rings (SSSR count). The summed E-state index contributed by atoms with van der Waals surface area (Å²) in [7, 11) is 0. The molecule has 3 aromatic heterocycles. The smallest absolute Gasteiger partial charge is 0.257 e. The molecule has 0 bridgehead atoms. The first-order valence-electron chi connectivity index (χ1n) is 11.2. The maximum absolute atomic E-state index is 13.3. The molecule has 7 heteroatoms. The number of aromatic nitrogens is 4. The lowest BCUT2D eigenvalue weighted by atomic mass is 9.90. The lowest BCUT2D eigenvalue weighted by Gasteiger charge is -2.24. The third-order valence-electron chi connectivity index (χ3n) is 5.80. The van der Waals surface area contributed by atoms with Gasteiger partial charge in [-0.15, -0.1) is 0 Å². The highest BCUT2D eigenvalue weighted by molar-refractivity contribution is 5.87. The van der Waals surface area contributed by atoms with Crippen LogP contribution in [0.2, 0.25) is 0 Å². The van der Waals surface area contributed by atoms with E-state index in [2.05, 4.69) is 9.97 Å². The number of nitrogens with two attached hydrogens (primary N) is 1. The van der Waals surface area contributed by atoms with Gasteiger partial charge in [0.1, 0.15) is 18.1 Å². The van der Waals surface area contributed by atoms with Gasteiger partial charge in [0.25, 0.3) is 5.88 Å². The molecule has 5 aromatic rings. The average molecular weight is 466 g/mol. The van der Waals surface area contributed by atoms with E-state index >= 15 is 0 Å². The molecule has 0 amide bonds. The maximum atomic E-state index is 13.3. The highest BCUT2D eigenvalue weighted by Gasteiger charge is 2.25. The van der Waals surface area contributed by atoms with Crippen molar-refractivity contribution in [1.82, 2.24) is 19.9 Å². The normalized spacial score (nSPS) is 11.5. The molecular weight excluding hydrogens is 441 g/mol. The SMILES string of the molecule is CC(C)(COc1nc(-c2ccc3ncccc3c2)c(-c2ccccc2)nc1N)c1ccc(F)cn1. The molecule has 0 fully saturated rings. The Balaban J connectivity index is 1.56. The van der Waals surface area contributed by atoms with Crippen molar-refractivity contribution in [3.8, 4) is 28.4 Å². The topological polar surface area (TPSA) is 86.8 Å². The molecule has 0 aliphatic rings. The molecule has 0 saturated carbocycles. The van der Waals surface area contributed by atoms with Gasteiger partial charge in [-0.2, -0.15) is 0 Å². The van der Waals surface area contributed by atoms with Crippen LogP contribution in [0.15, 0.2) is 85.2 Å². The van der Waals surface area contributed by atoms with E-state index in [9.17, 15) is 4.39 Å². The van der Waals surface area contributed by atoms with Gasteiger partial charge in [-0.05, 0) is 30.3 Å². The second kappa shape index (κ2) is 9.10. The third kappa shape index (κ3) is 4.66. The van der Waals surface area contributed by atoms with Crippen LogP contribution in [0.25, 0.3) is 33.4 Å². The summed E-state index contributed by atoms with van der Waals surface area (Å²) in [4.78, 5) is 18.1. The minimum absolute atomic E-state index is 0.193. The number of anilines is 1. The van der Waals surface area contributed by atoms with Gasteiger partial charge in [0.2, 0.25) is 0 Å². The van der Waals surface area contributed by atoms with Crippen molar-refractivity contribution in [2.75, 3.05) is 12.3 Å². The molecule has 3 heterocycles. The molecule has 0 aliphatic heterocycles. The predicted molar refractivity (Wildman–Crippen MR) is 135 cm³/mol. The van der Waals surface area contributed by atoms with Crippen molar-refractivity contribution in [3.05, 3.63) is 96.7 Å². The van der Waals surface area contributed by atoms with Crippen LogP contribution in [-0.4, -0.2) is 26.5 Å². The molecule has 6 nitrogen and oxygen atoms in total. The summed E-state index contributed by atoms with van der Waals surface area (Å²) in [5, 5.41) is 0.994. The highest BCUT2D eigenvalue weighted by atomic mass is 19.1. The summed E-state index contributed by atoms with van der Waals surface area (Å²) in [6.45, 7) is 4.16. The first-order chi connectivity index (χ1) is 16.9. The van der Waals surface area contributed by atoms with E-state index in [1.807, 2.05) is 74.5 Å². The number of fused-ring (bicyclic) bond motifs is 1. The van der Waals surface area contributed by atoms with E-state index < -0.39 is 5.41 Å². The van der Waals surface area contributed by atoms with Crippen LogP contribution in [0, 0.1) is 5.82 Å². The van der Waals surface area contributed by atoms with Gasteiger partial charge in [0.05, 0.1) is 17.4 Å². The third-order valence-corrected chi connectivity index (χ3v) is 5.80. The van der Waals surface area contributed by atoms with E-state index in [1.54, 1.807) is 12.3 Å². The van der Waals surface area contributed by atoms with Crippen molar-refractivity contribution >= 4 is 16.7 Å². The average Bonchev–Trinajstić information content (AvgIpc) is 2.88. The minimum Gasteiger partial charge on any atom is -0.474 e. The van der Waals surface area contributed by atoms with Crippen molar-refractivity contribution in [2.24, 2.45) is 0 Å². The molecule has 0 atom stereocenters. The Hall–Kier alpha value is -4.39. The van der Waals surface area contributed by atoms with Crippen molar-refractivity contribution in [3.63, 3.8) is 0 Å². The maximum Gasteiger partial charge on any atom is 0.257 e. The number of hydrogen-bond donors (Lipinski definition) is 1. The van der Waals surface area contributed by atoms with Gasteiger partial charge in [-0.1, -0.05) is 56.3 Å². The number of halogens is 1. The lowest BCUT2D eigenvalue weighted by molar-refractivity contribution is 0.230. The van der Waals surface area contributed by atoms with E-state index in [1.165, 1.54) is 12.3 Å². The van der Waals surface area contributed by atoms with Crippen LogP contribution in [0.5, 0.6) is 5.88 Å². The fourth-order valence-electron chi connectivity index (χ4n) is 3.86. The number of pyridine rings is 2. The highest BCUT2D eigenvalue weighted by Crippen LogP contribution is 2.35. The van der Waals surface area contributed by atoms with Gasteiger partial charge < -0.3 is 10.5 Å². The summed E-state index contributed by atoms with van der Waals surface area (Å²) >= 11 is 0. The summed E-state index contributed by atoms with van der Waals surface area (Å²) in [5.74, 6) is 0.0476. The number of benzene rings is 2. The molecule has 174 valence electrons. The Morgan fingerprint density at radius 1 is 0.857 bits per heavy atom. The molecule has 2 N–H and O–H groups in total. The van der Waals surface area contributed by atoms with Crippen LogP contribution < -0.4 is 10.5 Å². The van der Waals surface area contributed by atoms with Crippen molar-refractivity contribution < 1.29 is 9.13 Å². The number of ether oxygens (including phenoxy) is 1. The molecule has 0 radical (unpaired) electrons. The lowest BCUT2D eigenvalue weighted by Crippen LogP contribution is -2.28. The number of hydrogen-bond acceptors (Lipinski definition) is 6. The fraction of sp³-hybridized carbons (Fsp3) is 0.143. The Morgan fingerprint density at radius 2 is 1.66 bits per heavy atom. The van der Waals surface area contributed by atoms with E-state index in [0.717, 1.165) is 22.0 Å². The van der Waals surface area contributed by atoms with Crippen LogP contribution in [0.3, 0.4) is 0 Å². The van der Waals surface area contributed by atoms with Gasteiger partial charge in [-0.25, -0.2) is 14.4 Å². The fourth-order valence-corrected chi connectivity index (χ4v) is 3.86. The first kappa shape index (κ1) is 22.4. The monoisotopic (exact) mass is 465 g/mol. The molecule has 2 aromatic carbocycles. The second-order valence-corrected chi connectivity index (χ2v) is 8.92. The zero-order valence-corrected chi connectivity index (χ0v) is 19.4. The predicted octanol–water partition coefficient (Wildman–Crippen LogP) is 5.83. The van der Waals surface area contributed by atoms with E-state index in [0.29, 0.717) is 17.1 Å². The summed E-state index contributed by atoms with van der Waals surface area (Å²) in [6.07, 6.45) is 2.97. The standard InChI is InChI=1S/C28H24FN5O/c1-28(2,23-13-11-21(29)16-32-23)17-35-27-26(30)33-24(18-7-4-3-5-8-18)25(34-27)20-10-12-22-19(15-20)9-6-14-31-22/h3-16H,17H2,1-2H3,(H2,30,33). The zero-order valence-electron chi connectivity index (χ0n) is 19.4. The number of nitrogen functional groups attached to an aromatic ring is 1. The second-order valence-electron chi connectivity index (χ2n) is 8.92. The van der Waals surface area contributed by atoms with Gasteiger partial charge in [0, 0.05) is 33.8 Å². The summed E-state index contributed by atoms with van der Waals surface area (Å²) in [6, 6.07) is 22.7. The van der Waals surface area contributed by atoms with Gasteiger partial charge in [-0.3, -0.25) is 9.97 Å². The van der Waals surface area contributed by atoms with Crippen molar-refractivity contribution in [1.29, 1.82) is 0 Å². The molecular formula is C28H24FN5O. The van der Waals surface area contributed by atoms with Gasteiger partial charge in [0.15, 0.2) is 5.82 Å². The zero-order chi connectivity index (χ0) is 24.4. The molecule has 0 unspecified atom stereocenters. The van der Waals surface area contributed by atoms with E-state index in [4.69, 9.17) is 20.4 Å². The van der Waals surface area contributed by atoms with Crippen LogP contribution in [0.1, 0.15) is 19.5 Å². The summed E-state index contributed by atoms with van der Waals surface area (Å²) in [5.41, 5.74) is 10.5. The van der Waals surface area contributed by atoms with Crippen molar-refractivity contribution in [2.45, 2.75) is 19.3 Å². The number of rotatable bonds is 6. The Morgan fingerprint density at radius 3 is 2.43 bits per heavy atom. The Bertz CT molecular complexity index is 1490. The Kier molecular flexibility index (Phi) is 5.82. The summed E-state index contributed by atoms with van der Waals surface area (Å²) < 4.78 is 19.4.